The molecule has 132 valence electrons. The number of rotatable bonds is 6. The Labute approximate surface area is 151 Å². The fraction of sp³-hybridized carbons (Fsp3) is 0.200. The highest BCUT2D eigenvalue weighted by molar-refractivity contribution is 5.92. The summed E-state index contributed by atoms with van der Waals surface area (Å²) >= 11 is 0. The zero-order valence-electron chi connectivity index (χ0n) is 14.6. The Kier molecular flexibility index (Phi) is 5.53. The third-order valence-electron chi connectivity index (χ3n) is 4.01. The first-order valence-electron chi connectivity index (χ1n) is 8.48. The number of aryl methyl sites for hydroxylation is 1. The molecule has 1 aromatic carbocycles. The van der Waals surface area contributed by atoms with Crippen molar-refractivity contribution in [2.45, 2.75) is 26.4 Å². The molecule has 0 spiro atoms. The van der Waals surface area contributed by atoms with Crippen molar-refractivity contribution in [1.82, 2.24) is 14.5 Å². The fourth-order valence-corrected chi connectivity index (χ4v) is 2.58. The minimum Gasteiger partial charge on any atom is -0.291 e. The number of hydrogen-bond donors (Lipinski definition) is 0. The van der Waals surface area contributed by atoms with Gasteiger partial charge in [-0.2, -0.15) is 0 Å². The molecule has 0 saturated heterocycles. The topological polar surface area (TPSA) is 68.1 Å². The predicted molar refractivity (Wildman–Crippen MR) is 99.7 cm³/mol. The number of anilines is 1. The van der Waals surface area contributed by atoms with Crippen LogP contribution in [0, 0.1) is 0 Å². The molecule has 3 rings (SSSR count). The van der Waals surface area contributed by atoms with Gasteiger partial charge in [-0.25, -0.2) is 9.97 Å². The highest BCUT2D eigenvalue weighted by Crippen LogP contribution is 2.14. The van der Waals surface area contributed by atoms with E-state index >= 15 is 0 Å². The molecule has 1 amide bonds. The summed E-state index contributed by atoms with van der Waals surface area (Å²) in [6.07, 6.45) is 3.75. The Balaban J connectivity index is 1.86. The van der Waals surface area contributed by atoms with Crippen molar-refractivity contribution in [2.24, 2.45) is 0 Å². The maximum absolute atomic E-state index is 12.9. The lowest BCUT2D eigenvalue weighted by Crippen LogP contribution is -2.36. The summed E-state index contributed by atoms with van der Waals surface area (Å²) in [6.45, 7) is 2.23. The average molecular weight is 348 g/mol. The van der Waals surface area contributed by atoms with Crippen molar-refractivity contribution in [1.29, 1.82) is 0 Å². The molecule has 0 fully saturated rings. The molecule has 0 N–H and O–H groups in total. The van der Waals surface area contributed by atoms with Crippen molar-refractivity contribution in [3.63, 3.8) is 0 Å². The molecule has 0 radical (unpaired) electrons. The molecule has 2 aromatic heterocycles. The molecule has 0 aliphatic carbocycles. The van der Waals surface area contributed by atoms with Crippen LogP contribution in [0.3, 0.4) is 0 Å². The van der Waals surface area contributed by atoms with Gasteiger partial charge in [0.15, 0.2) is 0 Å². The van der Waals surface area contributed by atoms with E-state index in [1.165, 1.54) is 17.0 Å². The lowest BCUT2D eigenvalue weighted by molar-refractivity contribution is -0.119. The minimum atomic E-state index is -0.231. The third-order valence-corrected chi connectivity index (χ3v) is 4.01. The van der Waals surface area contributed by atoms with Gasteiger partial charge in [-0.1, -0.05) is 43.3 Å². The van der Waals surface area contributed by atoms with Crippen LogP contribution in [0.1, 0.15) is 18.2 Å². The predicted octanol–water partition coefficient (Wildman–Crippen LogP) is 2.43. The van der Waals surface area contributed by atoms with Crippen LogP contribution >= 0.6 is 0 Å². The van der Waals surface area contributed by atoms with Crippen molar-refractivity contribution in [3.05, 3.63) is 88.7 Å². The van der Waals surface area contributed by atoms with Gasteiger partial charge < -0.3 is 0 Å². The van der Waals surface area contributed by atoms with Crippen LogP contribution in [0.4, 0.5) is 5.82 Å². The summed E-state index contributed by atoms with van der Waals surface area (Å²) in [6, 6.07) is 16.6. The first-order valence-corrected chi connectivity index (χ1v) is 8.48. The van der Waals surface area contributed by atoms with Crippen LogP contribution in [0.5, 0.6) is 0 Å². The standard InChI is InChI=1S/C20H20N4O2/c1-2-17-12-19(25)23(15-22-17)14-20(26)24(18-10-6-7-11-21-18)13-16-8-4-3-5-9-16/h3-12,15H,2,13-14H2,1H3. The molecular formula is C20H20N4O2. The van der Waals surface area contributed by atoms with Crippen LogP contribution in [-0.2, 0) is 24.3 Å². The van der Waals surface area contributed by atoms with Gasteiger partial charge in [0.05, 0.1) is 12.9 Å². The summed E-state index contributed by atoms with van der Waals surface area (Å²) in [7, 11) is 0. The Morgan fingerprint density at radius 3 is 2.50 bits per heavy atom. The molecule has 0 bridgehead atoms. The zero-order chi connectivity index (χ0) is 18.4. The fourth-order valence-electron chi connectivity index (χ4n) is 2.58. The second kappa shape index (κ2) is 8.20. The van der Waals surface area contributed by atoms with Gasteiger partial charge in [-0.05, 0) is 24.1 Å². The van der Waals surface area contributed by atoms with E-state index in [0.29, 0.717) is 24.5 Å². The van der Waals surface area contributed by atoms with Crippen LogP contribution in [0.2, 0.25) is 0 Å². The van der Waals surface area contributed by atoms with E-state index in [1.54, 1.807) is 23.2 Å². The highest BCUT2D eigenvalue weighted by Gasteiger charge is 2.18. The van der Waals surface area contributed by atoms with Crippen molar-refractivity contribution >= 4 is 11.7 Å². The monoisotopic (exact) mass is 348 g/mol. The number of nitrogens with zero attached hydrogens (tertiary/aromatic N) is 4. The minimum absolute atomic E-state index is 0.0841. The van der Waals surface area contributed by atoms with Crippen molar-refractivity contribution in [3.8, 4) is 0 Å². The van der Waals surface area contributed by atoms with Gasteiger partial charge in [-0.15, -0.1) is 0 Å². The maximum atomic E-state index is 12.9. The molecule has 6 nitrogen and oxygen atoms in total. The smallest absolute Gasteiger partial charge is 0.253 e. The molecule has 0 unspecified atom stereocenters. The zero-order valence-corrected chi connectivity index (χ0v) is 14.6. The maximum Gasteiger partial charge on any atom is 0.253 e. The largest absolute Gasteiger partial charge is 0.291 e. The summed E-state index contributed by atoms with van der Waals surface area (Å²) < 4.78 is 1.32. The Hall–Kier alpha value is -3.28. The van der Waals surface area contributed by atoms with E-state index < -0.39 is 0 Å². The summed E-state index contributed by atoms with van der Waals surface area (Å²) in [5.41, 5.74) is 1.47. The molecular weight excluding hydrogens is 328 g/mol. The van der Waals surface area contributed by atoms with E-state index in [2.05, 4.69) is 9.97 Å². The molecule has 0 atom stereocenters. The van der Waals surface area contributed by atoms with Gasteiger partial charge >= 0.3 is 0 Å². The van der Waals surface area contributed by atoms with Gasteiger partial charge in [0.25, 0.3) is 5.56 Å². The lowest BCUT2D eigenvalue weighted by atomic mass is 10.2. The number of carbonyl (C=O) groups is 1. The number of benzene rings is 1. The highest BCUT2D eigenvalue weighted by atomic mass is 16.2. The first kappa shape index (κ1) is 17.5. The second-order valence-electron chi connectivity index (χ2n) is 5.85. The number of carbonyl (C=O) groups excluding carboxylic acids is 1. The van der Waals surface area contributed by atoms with Crippen LogP contribution < -0.4 is 10.5 Å². The number of amides is 1. The van der Waals surface area contributed by atoms with Gasteiger partial charge in [0.2, 0.25) is 5.91 Å². The normalized spacial score (nSPS) is 10.5. The number of pyridine rings is 1. The van der Waals surface area contributed by atoms with Crippen LogP contribution in [0.25, 0.3) is 0 Å². The molecule has 2 heterocycles. The Morgan fingerprint density at radius 2 is 1.85 bits per heavy atom. The van der Waals surface area contributed by atoms with E-state index in [9.17, 15) is 9.59 Å². The third kappa shape index (κ3) is 4.22. The summed E-state index contributed by atoms with van der Waals surface area (Å²) in [4.78, 5) is 35.2. The van der Waals surface area contributed by atoms with Crippen LogP contribution in [-0.4, -0.2) is 20.4 Å². The molecule has 6 heteroatoms. The van der Waals surface area contributed by atoms with Gasteiger partial charge in [0, 0.05) is 18.0 Å². The van der Waals surface area contributed by atoms with E-state index in [4.69, 9.17) is 0 Å². The van der Waals surface area contributed by atoms with Crippen molar-refractivity contribution < 1.29 is 4.79 Å². The lowest BCUT2D eigenvalue weighted by Gasteiger charge is -2.22. The van der Waals surface area contributed by atoms with E-state index in [1.807, 2.05) is 43.3 Å². The van der Waals surface area contributed by atoms with Crippen LogP contribution in [0.15, 0.2) is 71.9 Å². The van der Waals surface area contributed by atoms with E-state index in [-0.39, 0.29) is 18.0 Å². The number of aromatic nitrogens is 3. The quantitative estimate of drug-likeness (QED) is 0.686. The average Bonchev–Trinajstić information content (AvgIpc) is 2.69. The first-order chi connectivity index (χ1) is 12.7. The Morgan fingerprint density at radius 1 is 1.08 bits per heavy atom. The molecule has 0 aliphatic heterocycles. The van der Waals surface area contributed by atoms with Gasteiger partial charge in [-0.3, -0.25) is 19.1 Å². The summed E-state index contributed by atoms with van der Waals surface area (Å²) in [5, 5.41) is 0. The SMILES string of the molecule is CCc1cc(=O)n(CC(=O)N(Cc2ccccc2)c2ccccn2)cn1. The second-order valence-corrected chi connectivity index (χ2v) is 5.85. The van der Waals surface area contributed by atoms with E-state index in [0.717, 1.165) is 5.56 Å². The molecule has 0 saturated carbocycles. The molecule has 26 heavy (non-hydrogen) atoms. The Bertz CT molecular complexity index is 923. The van der Waals surface area contributed by atoms with Gasteiger partial charge in [0.1, 0.15) is 12.4 Å². The summed E-state index contributed by atoms with van der Waals surface area (Å²) in [5.74, 6) is 0.327. The molecule has 0 aliphatic rings. The molecule has 3 aromatic rings. The van der Waals surface area contributed by atoms with Crippen molar-refractivity contribution in [2.75, 3.05) is 4.90 Å². The number of hydrogen-bond acceptors (Lipinski definition) is 4.